The molecule has 1 atom stereocenters. The van der Waals surface area contributed by atoms with E-state index < -0.39 is 0 Å². The molecule has 1 unspecified atom stereocenters. The van der Waals surface area contributed by atoms with E-state index in [-0.39, 0.29) is 16.1 Å². The van der Waals surface area contributed by atoms with Crippen molar-refractivity contribution in [3.8, 4) is 11.8 Å². The molecule has 0 saturated heterocycles. The van der Waals surface area contributed by atoms with Crippen LogP contribution >= 0.6 is 46.4 Å². The van der Waals surface area contributed by atoms with Crippen molar-refractivity contribution in [2.75, 3.05) is 0 Å². The number of rotatable bonds is 2. The van der Waals surface area contributed by atoms with Gasteiger partial charge in [0.15, 0.2) is 0 Å². The van der Waals surface area contributed by atoms with E-state index >= 15 is 0 Å². The van der Waals surface area contributed by atoms with E-state index in [0.717, 1.165) is 12.8 Å². The highest BCUT2D eigenvalue weighted by Crippen LogP contribution is 2.36. The van der Waals surface area contributed by atoms with E-state index in [1.54, 1.807) is 0 Å². The lowest BCUT2D eigenvalue weighted by molar-refractivity contribution is 0.720. The van der Waals surface area contributed by atoms with Crippen LogP contribution in [0.1, 0.15) is 25.3 Å². The molecule has 0 fully saturated rings. The third-order valence-corrected chi connectivity index (χ3v) is 3.66. The molecule has 0 radical (unpaired) electrons. The van der Waals surface area contributed by atoms with Gasteiger partial charge in [-0.05, 0) is 12.5 Å². The summed E-state index contributed by atoms with van der Waals surface area (Å²) in [4.78, 5) is 0. The standard InChI is InChI=1S/C12H11Cl4N/c1-2-3-7(17)4-5-8-9(13)6-10(14)12(16)11(8)15/h6-7H,2-3,17H2,1H3. The zero-order chi connectivity index (χ0) is 13.0. The zero-order valence-electron chi connectivity index (χ0n) is 9.16. The van der Waals surface area contributed by atoms with E-state index in [9.17, 15) is 0 Å². The minimum Gasteiger partial charge on any atom is -0.318 e. The van der Waals surface area contributed by atoms with E-state index in [1.807, 2.05) is 6.92 Å². The Hall–Kier alpha value is -0.100. The maximum atomic E-state index is 6.02. The lowest BCUT2D eigenvalue weighted by Crippen LogP contribution is -2.16. The fraction of sp³-hybridized carbons (Fsp3) is 0.333. The fourth-order valence-electron chi connectivity index (χ4n) is 1.23. The highest BCUT2D eigenvalue weighted by Gasteiger charge is 2.12. The summed E-state index contributed by atoms with van der Waals surface area (Å²) in [6, 6.07) is 1.33. The van der Waals surface area contributed by atoms with Crippen LogP contribution in [0.25, 0.3) is 0 Å². The molecule has 17 heavy (non-hydrogen) atoms. The summed E-state index contributed by atoms with van der Waals surface area (Å²) in [6.45, 7) is 2.04. The number of hydrogen-bond acceptors (Lipinski definition) is 1. The largest absolute Gasteiger partial charge is 0.318 e. The molecule has 0 bridgehead atoms. The Bertz CT molecular complexity index is 474. The average molecular weight is 311 g/mol. The van der Waals surface area contributed by atoms with Crippen molar-refractivity contribution < 1.29 is 0 Å². The lowest BCUT2D eigenvalue weighted by Gasteiger charge is -2.05. The van der Waals surface area contributed by atoms with Crippen LogP contribution in [0, 0.1) is 11.8 Å². The molecule has 2 N–H and O–H groups in total. The Morgan fingerprint density at radius 2 is 1.82 bits per heavy atom. The van der Waals surface area contributed by atoms with Crippen molar-refractivity contribution in [3.63, 3.8) is 0 Å². The van der Waals surface area contributed by atoms with Gasteiger partial charge in [0.2, 0.25) is 0 Å². The Morgan fingerprint density at radius 1 is 1.18 bits per heavy atom. The second-order valence-electron chi connectivity index (χ2n) is 3.51. The van der Waals surface area contributed by atoms with Crippen LogP contribution in [-0.4, -0.2) is 6.04 Å². The first kappa shape index (κ1) is 15.0. The van der Waals surface area contributed by atoms with Crippen molar-refractivity contribution >= 4 is 46.4 Å². The third kappa shape index (κ3) is 3.95. The van der Waals surface area contributed by atoms with Gasteiger partial charge in [-0.3, -0.25) is 0 Å². The Kier molecular flexibility index (Phi) is 5.92. The van der Waals surface area contributed by atoms with Gasteiger partial charge in [-0.1, -0.05) is 71.6 Å². The van der Waals surface area contributed by atoms with E-state index in [1.165, 1.54) is 6.07 Å². The second-order valence-corrected chi connectivity index (χ2v) is 5.08. The lowest BCUT2D eigenvalue weighted by atomic mass is 10.1. The SMILES string of the molecule is CCCC(N)C#Cc1c(Cl)cc(Cl)c(Cl)c1Cl. The summed E-state index contributed by atoms with van der Waals surface area (Å²) >= 11 is 23.8. The van der Waals surface area contributed by atoms with Crippen molar-refractivity contribution in [2.45, 2.75) is 25.8 Å². The summed E-state index contributed by atoms with van der Waals surface area (Å²) in [5.74, 6) is 5.74. The average Bonchev–Trinajstić information content (AvgIpc) is 2.26. The predicted molar refractivity (Wildman–Crippen MR) is 76.2 cm³/mol. The topological polar surface area (TPSA) is 26.0 Å². The Morgan fingerprint density at radius 3 is 2.41 bits per heavy atom. The van der Waals surface area contributed by atoms with E-state index in [2.05, 4.69) is 11.8 Å². The second kappa shape index (κ2) is 6.73. The first-order valence-corrected chi connectivity index (χ1v) is 6.58. The van der Waals surface area contributed by atoms with Gasteiger partial charge in [-0.15, -0.1) is 0 Å². The molecule has 0 heterocycles. The van der Waals surface area contributed by atoms with Crippen LogP contribution in [0.4, 0.5) is 0 Å². The van der Waals surface area contributed by atoms with Crippen LogP contribution in [0.15, 0.2) is 6.07 Å². The van der Waals surface area contributed by atoms with Gasteiger partial charge < -0.3 is 5.73 Å². The molecule has 0 amide bonds. The first-order valence-electron chi connectivity index (χ1n) is 5.07. The molecule has 92 valence electrons. The summed E-state index contributed by atoms with van der Waals surface area (Å²) in [5, 5.41) is 1.21. The molecular formula is C12H11Cl4N. The number of hydrogen-bond donors (Lipinski definition) is 1. The zero-order valence-corrected chi connectivity index (χ0v) is 12.2. The van der Waals surface area contributed by atoms with Crippen LogP contribution in [-0.2, 0) is 0 Å². The molecule has 1 rings (SSSR count). The van der Waals surface area contributed by atoms with Gasteiger partial charge >= 0.3 is 0 Å². The number of benzene rings is 1. The van der Waals surface area contributed by atoms with Crippen LogP contribution in [0.3, 0.4) is 0 Å². The highest BCUT2D eigenvalue weighted by atomic mass is 35.5. The van der Waals surface area contributed by atoms with Gasteiger partial charge in [-0.25, -0.2) is 0 Å². The van der Waals surface area contributed by atoms with Gasteiger partial charge in [0.05, 0.1) is 31.7 Å². The van der Waals surface area contributed by atoms with E-state index in [4.69, 9.17) is 52.1 Å². The molecule has 1 aromatic carbocycles. The molecule has 1 nitrogen and oxygen atoms in total. The molecule has 1 aromatic rings. The van der Waals surface area contributed by atoms with Gasteiger partial charge in [0.1, 0.15) is 0 Å². The maximum absolute atomic E-state index is 6.02. The molecule has 0 spiro atoms. The molecule has 0 aliphatic heterocycles. The highest BCUT2D eigenvalue weighted by molar-refractivity contribution is 6.49. The molecule has 0 saturated carbocycles. The maximum Gasteiger partial charge on any atom is 0.0792 e. The van der Waals surface area contributed by atoms with Crippen LogP contribution in [0.5, 0.6) is 0 Å². The molecular weight excluding hydrogens is 300 g/mol. The van der Waals surface area contributed by atoms with Crippen molar-refractivity contribution in [2.24, 2.45) is 5.73 Å². The molecule has 0 aliphatic rings. The summed E-state index contributed by atoms with van der Waals surface area (Å²) in [5.41, 5.74) is 6.25. The normalized spacial score (nSPS) is 11.9. The van der Waals surface area contributed by atoms with Gasteiger partial charge in [0, 0.05) is 0 Å². The van der Waals surface area contributed by atoms with Gasteiger partial charge in [-0.2, -0.15) is 0 Å². The van der Waals surface area contributed by atoms with Gasteiger partial charge in [0.25, 0.3) is 0 Å². The predicted octanol–water partition coefficient (Wildman–Crippen LogP) is 4.78. The quantitative estimate of drug-likeness (QED) is 0.475. The van der Waals surface area contributed by atoms with E-state index in [0.29, 0.717) is 15.6 Å². The summed E-state index contributed by atoms with van der Waals surface area (Å²) in [6.07, 6.45) is 1.79. The third-order valence-electron chi connectivity index (χ3n) is 2.10. The molecule has 0 aliphatic carbocycles. The minimum absolute atomic E-state index is 0.193. The van der Waals surface area contributed by atoms with Crippen LogP contribution < -0.4 is 5.73 Å². The number of halogens is 4. The smallest absolute Gasteiger partial charge is 0.0792 e. The minimum atomic E-state index is -0.193. The monoisotopic (exact) mass is 309 g/mol. The fourth-order valence-corrected chi connectivity index (χ4v) is 2.24. The Labute approximate surface area is 121 Å². The first-order chi connectivity index (χ1) is 7.97. The number of nitrogens with two attached hydrogens (primary N) is 1. The van der Waals surface area contributed by atoms with Crippen LogP contribution in [0.2, 0.25) is 20.1 Å². The van der Waals surface area contributed by atoms with Crippen molar-refractivity contribution in [3.05, 3.63) is 31.7 Å². The molecule has 5 heteroatoms. The Balaban J connectivity index is 3.11. The van der Waals surface area contributed by atoms with Crippen molar-refractivity contribution in [1.82, 2.24) is 0 Å². The molecule has 0 aromatic heterocycles. The summed E-state index contributed by atoms with van der Waals surface area (Å²) in [7, 11) is 0. The van der Waals surface area contributed by atoms with Crippen molar-refractivity contribution in [1.29, 1.82) is 0 Å². The summed E-state index contributed by atoms with van der Waals surface area (Å²) < 4.78 is 0.